The molecule has 1 aromatic rings. The van der Waals surface area contributed by atoms with E-state index in [1.165, 1.54) is 0 Å². The van der Waals surface area contributed by atoms with Gasteiger partial charge in [0.05, 0.1) is 0 Å². The number of nitrogen functional groups attached to an aromatic ring is 1. The van der Waals surface area contributed by atoms with Crippen LogP contribution in [0.4, 0.5) is 10.5 Å². The molecule has 2 N–H and O–H groups in total. The van der Waals surface area contributed by atoms with Crippen LogP contribution in [0.2, 0.25) is 0 Å². The molecule has 1 amide bonds. The molecule has 1 atom stereocenters. The van der Waals surface area contributed by atoms with E-state index in [4.69, 9.17) is 15.2 Å². The SMILES string of the molecule is C[C@H]1CN(CCOc2cccc(N)c2)CCN1C(=O)OC(C)(C)C. The number of nitrogens with zero attached hydrogens (tertiary/aromatic N) is 2. The standard InChI is InChI=1S/C18H29N3O3/c1-14-13-20(8-9-21(14)17(22)24-18(2,3)4)10-11-23-16-7-5-6-15(19)12-16/h5-7,12,14H,8-11,13,19H2,1-4H3/t14-/m0/s1. The maximum absolute atomic E-state index is 12.2. The normalized spacial score (nSPS) is 19.2. The number of benzene rings is 1. The van der Waals surface area contributed by atoms with Gasteiger partial charge in [-0.3, -0.25) is 4.90 Å². The molecule has 1 saturated heterocycles. The van der Waals surface area contributed by atoms with E-state index in [1.54, 1.807) is 4.90 Å². The van der Waals surface area contributed by atoms with E-state index in [9.17, 15) is 4.79 Å². The number of nitrogens with two attached hydrogens (primary N) is 1. The lowest BCUT2D eigenvalue weighted by molar-refractivity contribution is 0.000363. The third-order valence-corrected chi connectivity index (χ3v) is 3.87. The molecule has 1 aliphatic rings. The highest BCUT2D eigenvalue weighted by molar-refractivity contribution is 5.68. The first-order valence-electron chi connectivity index (χ1n) is 8.45. The van der Waals surface area contributed by atoms with E-state index in [1.807, 2.05) is 45.0 Å². The average molecular weight is 335 g/mol. The van der Waals surface area contributed by atoms with Crippen LogP contribution in [0.1, 0.15) is 27.7 Å². The molecule has 0 aromatic heterocycles. The molecule has 0 bridgehead atoms. The predicted octanol–water partition coefficient (Wildman–Crippen LogP) is 2.59. The van der Waals surface area contributed by atoms with Gasteiger partial charge in [0.15, 0.2) is 0 Å². The Morgan fingerprint density at radius 3 is 2.71 bits per heavy atom. The van der Waals surface area contributed by atoms with Gasteiger partial charge in [-0.1, -0.05) is 6.07 Å². The second-order valence-electron chi connectivity index (χ2n) is 7.24. The van der Waals surface area contributed by atoms with E-state index >= 15 is 0 Å². The van der Waals surface area contributed by atoms with Gasteiger partial charge < -0.3 is 20.1 Å². The number of carbonyl (C=O) groups is 1. The third-order valence-electron chi connectivity index (χ3n) is 3.87. The molecule has 0 unspecified atom stereocenters. The Bertz CT molecular complexity index is 557. The summed E-state index contributed by atoms with van der Waals surface area (Å²) in [6, 6.07) is 7.57. The van der Waals surface area contributed by atoms with Crippen LogP contribution in [0, 0.1) is 0 Å². The fourth-order valence-electron chi connectivity index (χ4n) is 2.72. The maximum atomic E-state index is 12.2. The Kier molecular flexibility index (Phi) is 5.94. The molecule has 2 rings (SSSR count). The summed E-state index contributed by atoms with van der Waals surface area (Å²) in [5, 5.41) is 0. The van der Waals surface area contributed by atoms with Crippen molar-refractivity contribution >= 4 is 11.8 Å². The molecular formula is C18H29N3O3. The van der Waals surface area contributed by atoms with Crippen molar-refractivity contribution in [3.8, 4) is 5.75 Å². The third kappa shape index (κ3) is 5.60. The zero-order chi connectivity index (χ0) is 17.7. The number of hydrogen-bond acceptors (Lipinski definition) is 5. The largest absolute Gasteiger partial charge is 0.492 e. The number of anilines is 1. The second-order valence-corrected chi connectivity index (χ2v) is 7.24. The fraction of sp³-hybridized carbons (Fsp3) is 0.611. The summed E-state index contributed by atoms with van der Waals surface area (Å²) >= 11 is 0. The smallest absolute Gasteiger partial charge is 0.410 e. The molecule has 1 heterocycles. The summed E-state index contributed by atoms with van der Waals surface area (Å²) in [6.45, 7) is 11.5. The van der Waals surface area contributed by atoms with Gasteiger partial charge in [-0.25, -0.2) is 4.79 Å². The van der Waals surface area contributed by atoms with Crippen molar-refractivity contribution in [1.29, 1.82) is 0 Å². The highest BCUT2D eigenvalue weighted by atomic mass is 16.6. The van der Waals surface area contributed by atoms with Crippen LogP contribution in [0.15, 0.2) is 24.3 Å². The Morgan fingerprint density at radius 1 is 1.33 bits per heavy atom. The van der Waals surface area contributed by atoms with Crippen LogP contribution < -0.4 is 10.5 Å². The molecule has 0 radical (unpaired) electrons. The van der Waals surface area contributed by atoms with Crippen LogP contribution in [0.5, 0.6) is 5.75 Å². The number of ether oxygens (including phenoxy) is 2. The van der Waals surface area contributed by atoms with E-state index in [0.717, 1.165) is 25.4 Å². The molecule has 1 aromatic carbocycles. The lowest BCUT2D eigenvalue weighted by Crippen LogP contribution is -2.55. The van der Waals surface area contributed by atoms with Crippen molar-refractivity contribution in [3.05, 3.63) is 24.3 Å². The number of hydrogen-bond donors (Lipinski definition) is 1. The van der Waals surface area contributed by atoms with Crippen LogP contribution in [0.25, 0.3) is 0 Å². The highest BCUT2D eigenvalue weighted by Gasteiger charge is 2.30. The Labute approximate surface area is 144 Å². The molecule has 134 valence electrons. The minimum Gasteiger partial charge on any atom is -0.492 e. The molecule has 0 aliphatic carbocycles. The topological polar surface area (TPSA) is 68.0 Å². The number of rotatable bonds is 4. The number of amides is 1. The van der Waals surface area contributed by atoms with Crippen molar-refractivity contribution in [2.45, 2.75) is 39.3 Å². The maximum Gasteiger partial charge on any atom is 0.410 e. The molecule has 1 aliphatic heterocycles. The van der Waals surface area contributed by atoms with Crippen LogP contribution >= 0.6 is 0 Å². The zero-order valence-electron chi connectivity index (χ0n) is 15.1. The average Bonchev–Trinajstić information content (AvgIpc) is 2.45. The van der Waals surface area contributed by atoms with Gasteiger partial charge in [-0.05, 0) is 39.8 Å². The molecule has 0 spiro atoms. The van der Waals surface area contributed by atoms with Crippen LogP contribution in [-0.2, 0) is 4.74 Å². The van der Waals surface area contributed by atoms with Crippen molar-refractivity contribution < 1.29 is 14.3 Å². The van der Waals surface area contributed by atoms with Gasteiger partial charge in [0.1, 0.15) is 18.0 Å². The Morgan fingerprint density at radius 2 is 2.08 bits per heavy atom. The molecule has 6 heteroatoms. The lowest BCUT2D eigenvalue weighted by Gasteiger charge is -2.40. The zero-order valence-corrected chi connectivity index (χ0v) is 15.1. The van der Waals surface area contributed by atoms with Gasteiger partial charge in [0.2, 0.25) is 0 Å². The minimum atomic E-state index is -0.459. The Hall–Kier alpha value is -1.95. The lowest BCUT2D eigenvalue weighted by atomic mass is 10.2. The van der Waals surface area contributed by atoms with Crippen LogP contribution in [-0.4, -0.2) is 60.3 Å². The number of carbonyl (C=O) groups excluding carboxylic acids is 1. The first-order chi connectivity index (χ1) is 11.2. The fourth-order valence-corrected chi connectivity index (χ4v) is 2.72. The molecule has 0 saturated carbocycles. The van der Waals surface area contributed by atoms with Gasteiger partial charge in [0, 0.05) is 44.0 Å². The number of piperazine rings is 1. The van der Waals surface area contributed by atoms with Gasteiger partial charge >= 0.3 is 6.09 Å². The van der Waals surface area contributed by atoms with Gasteiger partial charge in [0.25, 0.3) is 0 Å². The molecule has 24 heavy (non-hydrogen) atoms. The van der Waals surface area contributed by atoms with Crippen molar-refractivity contribution in [3.63, 3.8) is 0 Å². The first kappa shape index (κ1) is 18.4. The molecular weight excluding hydrogens is 306 g/mol. The summed E-state index contributed by atoms with van der Waals surface area (Å²) in [7, 11) is 0. The summed E-state index contributed by atoms with van der Waals surface area (Å²) in [4.78, 5) is 16.3. The summed E-state index contributed by atoms with van der Waals surface area (Å²) in [6.07, 6.45) is -0.231. The van der Waals surface area contributed by atoms with E-state index in [2.05, 4.69) is 11.8 Å². The quantitative estimate of drug-likeness (QED) is 0.857. The van der Waals surface area contributed by atoms with Gasteiger partial charge in [-0.15, -0.1) is 0 Å². The van der Waals surface area contributed by atoms with Gasteiger partial charge in [-0.2, -0.15) is 0 Å². The second kappa shape index (κ2) is 7.75. The van der Waals surface area contributed by atoms with E-state index in [0.29, 0.717) is 18.8 Å². The first-order valence-corrected chi connectivity index (χ1v) is 8.45. The van der Waals surface area contributed by atoms with Crippen molar-refractivity contribution in [2.24, 2.45) is 0 Å². The van der Waals surface area contributed by atoms with Crippen molar-refractivity contribution in [2.75, 3.05) is 38.5 Å². The molecule has 6 nitrogen and oxygen atoms in total. The van der Waals surface area contributed by atoms with Crippen LogP contribution in [0.3, 0.4) is 0 Å². The minimum absolute atomic E-state index is 0.126. The molecule has 1 fully saturated rings. The van der Waals surface area contributed by atoms with E-state index in [-0.39, 0.29) is 12.1 Å². The summed E-state index contributed by atoms with van der Waals surface area (Å²) < 4.78 is 11.2. The monoisotopic (exact) mass is 335 g/mol. The Balaban J connectivity index is 1.75. The van der Waals surface area contributed by atoms with Crippen molar-refractivity contribution in [1.82, 2.24) is 9.80 Å². The predicted molar refractivity (Wildman–Crippen MR) is 95.2 cm³/mol. The summed E-state index contributed by atoms with van der Waals surface area (Å²) in [5.41, 5.74) is 5.98. The van der Waals surface area contributed by atoms with E-state index < -0.39 is 5.60 Å². The summed E-state index contributed by atoms with van der Waals surface area (Å²) in [5.74, 6) is 0.787. The highest BCUT2D eigenvalue weighted by Crippen LogP contribution is 2.17.